The van der Waals surface area contributed by atoms with Crippen LogP contribution in [0.3, 0.4) is 0 Å². The van der Waals surface area contributed by atoms with Crippen molar-refractivity contribution in [1.82, 2.24) is 19.7 Å². The van der Waals surface area contributed by atoms with Crippen LogP contribution in [0.15, 0.2) is 47.9 Å². The maximum atomic E-state index is 12.7. The first-order valence-electron chi connectivity index (χ1n) is 10.4. The van der Waals surface area contributed by atoms with Crippen molar-refractivity contribution in [2.75, 3.05) is 17.7 Å². The van der Waals surface area contributed by atoms with Gasteiger partial charge in [0.25, 0.3) is 0 Å². The first-order valence-corrected chi connectivity index (χ1v) is 12.2. The number of ether oxygens (including phenoxy) is 1. The predicted octanol–water partition coefficient (Wildman–Crippen LogP) is 4.30. The average Bonchev–Trinajstić information content (AvgIpc) is 3.40. The number of thiophene rings is 1. The second kappa shape index (κ2) is 10.1. The van der Waals surface area contributed by atoms with Crippen molar-refractivity contribution in [3.05, 3.63) is 58.9 Å². The van der Waals surface area contributed by atoms with Crippen molar-refractivity contribution in [2.45, 2.75) is 25.8 Å². The van der Waals surface area contributed by atoms with Crippen molar-refractivity contribution >= 4 is 56.8 Å². The molecule has 0 radical (unpaired) electrons. The maximum Gasteiger partial charge on any atom is 0.341 e. The van der Waals surface area contributed by atoms with Gasteiger partial charge in [-0.05, 0) is 38.5 Å². The lowest BCUT2D eigenvalue weighted by atomic mass is 10.1. The van der Waals surface area contributed by atoms with E-state index in [0.29, 0.717) is 26.1 Å². The molecule has 0 fully saturated rings. The summed E-state index contributed by atoms with van der Waals surface area (Å²) in [5, 5.41) is 8.81. The highest BCUT2D eigenvalue weighted by Gasteiger charge is 2.25. The summed E-state index contributed by atoms with van der Waals surface area (Å²) in [4.78, 5) is 46.2. The van der Waals surface area contributed by atoms with Crippen LogP contribution in [0.25, 0.3) is 16.7 Å². The van der Waals surface area contributed by atoms with Crippen LogP contribution in [0.4, 0.5) is 5.00 Å². The Morgan fingerprint density at radius 3 is 2.65 bits per heavy atom. The number of benzene rings is 1. The van der Waals surface area contributed by atoms with Gasteiger partial charge in [-0.1, -0.05) is 30.0 Å². The minimum atomic E-state index is -0.572. The molecule has 4 rings (SSSR count). The minimum Gasteiger partial charge on any atom is -0.462 e. The van der Waals surface area contributed by atoms with E-state index in [2.05, 4.69) is 20.4 Å². The van der Waals surface area contributed by atoms with Gasteiger partial charge in [0, 0.05) is 0 Å². The van der Waals surface area contributed by atoms with E-state index in [0.717, 1.165) is 22.4 Å². The number of hydrogen-bond donors (Lipinski definition) is 1. The Morgan fingerprint density at radius 1 is 1.18 bits per heavy atom. The van der Waals surface area contributed by atoms with Gasteiger partial charge < -0.3 is 10.1 Å². The third-order valence-electron chi connectivity index (χ3n) is 4.87. The number of para-hydroxylation sites is 1. The second-order valence-corrected chi connectivity index (χ2v) is 9.17. The van der Waals surface area contributed by atoms with Gasteiger partial charge >= 0.3 is 5.97 Å². The number of esters is 1. The van der Waals surface area contributed by atoms with Gasteiger partial charge in [-0.25, -0.2) is 19.4 Å². The third kappa shape index (κ3) is 4.70. The first-order chi connectivity index (χ1) is 16.4. The highest BCUT2D eigenvalue weighted by atomic mass is 32.2. The Kier molecular flexibility index (Phi) is 7.03. The van der Waals surface area contributed by atoms with Gasteiger partial charge in [0.05, 0.1) is 40.1 Å². The van der Waals surface area contributed by atoms with Gasteiger partial charge in [-0.2, -0.15) is 5.10 Å². The standard InChI is InChI=1S/C23H21N5O4S2/c1-4-32-23(31)18-13(2)19(14(3)29)34-22(18)27-17(30)11-33-21-16-10-26-28(20(16)24-12-25-21)15-8-6-5-7-9-15/h5-10,12H,4,11H2,1-3H3,(H,27,30). The van der Waals surface area contributed by atoms with Crippen LogP contribution < -0.4 is 5.32 Å². The van der Waals surface area contributed by atoms with Crippen LogP contribution in [0.5, 0.6) is 0 Å². The topological polar surface area (TPSA) is 116 Å². The Labute approximate surface area is 203 Å². The Morgan fingerprint density at radius 2 is 1.94 bits per heavy atom. The number of anilines is 1. The van der Waals surface area contributed by atoms with Crippen LogP contribution in [-0.2, 0) is 9.53 Å². The van der Waals surface area contributed by atoms with E-state index in [1.165, 1.54) is 25.0 Å². The van der Waals surface area contributed by atoms with Gasteiger partial charge in [-0.3, -0.25) is 9.59 Å². The molecule has 0 saturated carbocycles. The van der Waals surface area contributed by atoms with Crippen molar-refractivity contribution in [1.29, 1.82) is 0 Å². The van der Waals surface area contributed by atoms with E-state index in [4.69, 9.17) is 4.74 Å². The Hall–Kier alpha value is -3.57. The van der Waals surface area contributed by atoms with Crippen molar-refractivity contribution in [3.63, 3.8) is 0 Å². The summed E-state index contributed by atoms with van der Waals surface area (Å²) in [5.74, 6) is -1.05. The van der Waals surface area contributed by atoms with E-state index in [1.54, 1.807) is 24.7 Å². The average molecular weight is 496 g/mol. The van der Waals surface area contributed by atoms with Crippen molar-refractivity contribution < 1.29 is 19.1 Å². The summed E-state index contributed by atoms with van der Waals surface area (Å²) in [5.41, 5.74) is 2.22. The third-order valence-corrected chi connectivity index (χ3v) is 7.18. The second-order valence-electron chi connectivity index (χ2n) is 7.18. The van der Waals surface area contributed by atoms with Crippen LogP contribution in [0.2, 0.25) is 0 Å². The van der Waals surface area contributed by atoms with E-state index in [-0.39, 0.29) is 29.6 Å². The predicted molar refractivity (Wildman–Crippen MR) is 131 cm³/mol. The number of carbonyl (C=O) groups is 3. The monoisotopic (exact) mass is 495 g/mol. The van der Waals surface area contributed by atoms with E-state index in [1.807, 2.05) is 30.3 Å². The molecule has 4 aromatic rings. The summed E-state index contributed by atoms with van der Waals surface area (Å²) < 4.78 is 6.83. The zero-order valence-electron chi connectivity index (χ0n) is 18.7. The highest BCUT2D eigenvalue weighted by Crippen LogP contribution is 2.34. The molecule has 0 spiro atoms. The van der Waals surface area contributed by atoms with Gasteiger partial charge in [-0.15, -0.1) is 11.3 Å². The molecule has 1 aromatic carbocycles. The molecule has 34 heavy (non-hydrogen) atoms. The van der Waals surface area contributed by atoms with Crippen LogP contribution in [0.1, 0.15) is 39.4 Å². The van der Waals surface area contributed by atoms with Crippen molar-refractivity contribution in [2.24, 2.45) is 0 Å². The largest absolute Gasteiger partial charge is 0.462 e. The molecule has 0 bridgehead atoms. The molecule has 0 atom stereocenters. The Balaban J connectivity index is 1.53. The zero-order chi connectivity index (χ0) is 24.2. The molecule has 11 heteroatoms. The lowest BCUT2D eigenvalue weighted by molar-refractivity contribution is -0.113. The zero-order valence-corrected chi connectivity index (χ0v) is 20.3. The molecule has 0 aliphatic rings. The molecule has 0 aliphatic heterocycles. The summed E-state index contributed by atoms with van der Waals surface area (Å²) in [7, 11) is 0. The molecule has 9 nitrogen and oxygen atoms in total. The molecule has 3 aromatic heterocycles. The number of Topliss-reactive ketones (excluding diaryl/α,β-unsaturated/α-hetero) is 1. The summed E-state index contributed by atoms with van der Waals surface area (Å²) in [6.07, 6.45) is 3.10. The molecular formula is C23H21N5O4S2. The number of hydrogen-bond acceptors (Lipinski definition) is 9. The maximum absolute atomic E-state index is 12.7. The van der Waals surface area contributed by atoms with Crippen LogP contribution in [-0.4, -0.2) is 49.8 Å². The number of ketones is 1. The van der Waals surface area contributed by atoms with Gasteiger partial charge in [0.15, 0.2) is 11.4 Å². The molecule has 1 N–H and O–H groups in total. The summed E-state index contributed by atoms with van der Waals surface area (Å²) >= 11 is 2.30. The SMILES string of the molecule is CCOC(=O)c1c(NC(=O)CSc2ncnc3c2cnn3-c2ccccc2)sc(C(C)=O)c1C. The number of thioether (sulfide) groups is 1. The first kappa shape index (κ1) is 23.6. The molecule has 3 heterocycles. The fourth-order valence-corrected chi connectivity index (χ4v) is 5.25. The van der Waals surface area contributed by atoms with E-state index < -0.39 is 5.97 Å². The van der Waals surface area contributed by atoms with Crippen LogP contribution in [0, 0.1) is 6.92 Å². The normalized spacial score (nSPS) is 10.9. The van der Waals surface area contributed by atoms with Crippen molar-refractivity contribution in [3.8, 4) is 5.69 Å². The van der Waals surface area contributed by atoms with Crippen LogP contribution >= 0.6 is 23.1 Å². The van der Waals surface area contributed by atoms with E-state index >= 15 is 0 Å². The number of nitrogens with one attached hydrogen (secondary N) is 1. The van der Waals surface area contributed by atoms with Gasteiger partial charge in [0.2, 0.25) is 5.91 Å². The number of carbonyl (C=O) groups excluding carboxylic acids is 3. The fraction of sp³-hybridized carbons (Fsp3) is 0.217. The van der Waals surface area contributed by atoms with E-state index in [9.17, 15) is 14.4 Å². The highest BCUT2D eigenvalue weighted by molar-refractivity contribution is 8.00. The fourth-order valence-electron chi connectivity index (χ4n) is 3.38. The molecule has 1 amide bonds. The number of nitrogens with zero attached hydrogens (tertiary/aromatic N) is 4. The number of fused-ring (bicyclic) bond motifs is 1. The van der Waals surface area contributed by atoms with Gasteiger partial charge in [0.1, 0.15) is 16.4 Å². The molecular weight excluding hydrogens is 474 g/mol. The number of rotatable bonds is 8. The lowest BCUT2D eigenvalue weighted by Gasteiger charge is -2.07. The lowest BCUT2D eigenvalue weighted by Crippen LogP contribution is -2.16. The number of aromatic nitrogens is 4. The summed E-state index contributed by atoms with van der Waals surface area (Å²) in [6, 6.07) is 9.60. The smallest absolute Gasteiger partial charge is 0.341 e. The minimum absolute atomic E-state index is 0.0389. The molecule has 0 saturated heterocycles. The quantitative estimate of drug-likeness (QED) is 0.167. The molecule has 0 aliphatic carbocycles. The molecule has 0 unspecified atom stereocenters. The Bertz CT molecular complexity index is 1380. The molecule has 174 valence electrons. The summed E-state index contributed by atoms with van der Waals surface area (Å²) in [6.45, 7) is 4.98. The number of amides is 1.